The lowest BCUT2D eigenvalue weighted by molar-refractivity contribution is -0.275. The number of alkyl halides is 3. The summed E-state index contributed by atoms with van der Waals surface area (Å²) >= 11 is 0. The van der Waals surface area contributed by atoms with Gasteiger partial charge in [-0.3, -0.25) is 0 Å². The van der Waals surface area contributed by atoms with Crippen molar-refractivity contribution in [2.45, 2.75) is 38.3 Å². The molecule has 0 aromatic heterocycles. The number of aliphatic hydroxyl groups is 1. The summed E-state index contributed by atoms with van der Waals surface area (Å²) < 4.78 is 40.4. The summed E-state index contributed by atoms with van der Waals surface area (Å²) in [6, 6.07) is 5.49. The van der Waals surface area contributed by atoms with Crippen LogP contribution in [0.15, 0.2) is 24.3 Å². The highest BCUT2D eigenvalue weighted by Crippen LogP contribution is 2.33. The van der Waals surface area contributed by atoms with Crippen LogP contribution in [0.5, 0.6) is 5.75 Å². The van der Waals surface area contributed by atoms with Gasteiger partial charge in [0.25, 0.3) is 0 Å². The predicted octanol–water partition coefficient (Wildman–Crippen LogP) is 2.75. The lowest BCUT2D eigenvalue weighted by Crippen LogP contribution is -2.34. The predicted molar refractivity (Wildman–Crippen MR) is 61.0 cm³/mol. The topological polar surface area (TPSA) is 55.5 Å². The Labute approximate surface area is 103 Å². The monoisotopic (exact) mass is 263 g/mol. The fourth-order valence-electron chi connectivity index (χ4n) is 1.58. The summed E-state index contributed by atoms with van der Waals surface area (Å²) in [5.74, 6) is -0.401. The largest absolute Gasteiger partial charge is 0.573 e. The van der Waals surface area contributed by atoms with Crippen LogP contribution in [0.25, 0.3) is 0 Å². The molecule has 0 aliphatic rings. The molecule has 0 amide bonds. The molecule has 6 heteroatoms. The van der Waals surface area contributed by atoms with E-state index in [1.54, 1.807) is 13.8 Å². The van der Waals surface area contributed by atoms with E-state index in [4.69, 9.17) is 5.73 Å². The number of aliphatic hydroxyl groups excluding tert-OH is 1. The van der Waals surface area contributed by atoms with Gasteiger partial charge < -0.3 is 15.6 Å². The molecule has 1 atom stereocenters. The smallest absolute Gasteiger partial charge is 0.405 e. The first-order chi connectivity index (χ1) is 8.08. The van der Waals surface area contributed by atoms with Crippen molar-refractivity contribution in [2.75, 3.05) is 0 Å². The highest BCUT2D eigenvalue weighted by atomic mass is 19.4. The van der Waals surface area contributed by atoms with Crippen LogP contribution in [0.2, 0.25) is 0 Å². The molecule has 0 saturated heterocycles. The molecule has 1 unspecified atom stereocenters. The molecule has 0 aliphatic heterocycles. The minimum Gasteiger partial charge on any atom is -0.405 e. The number of para-hydroxylation sites is 1. The van der Waals surface area contributed by atoms with Gasteiger partial charge in [-0.2, -0.15) is 0 Å². The maximum absolute atomic E-state index is 12.2. The van der Waals surface area contributed by atoms with Crippen LogP contribution in [0.4, 0.5) is 13.2 Å². The Morgan fingerprint density at radius 2 is 1.83 bits per heavy atom. The number of rotatable bonds is 4. The molecule has 3 nitrogen and oxygen atoms in total. The third-order valence-corrected chi connectivity index (χ3v) is 2.22. The van der Waals surface area contributed by atoms with Gasteiger partial charge >= 0.3 is 6.36 Å². The molecule has 3 N–H and O–H groups in total. The Hall–Kier alpha value is -1.27. The molecule has 18 heavy (non-hydrogen) atoms. The van der Waals surface area contributed by atoms with E-state index in [0.717, 1.165) is 6.07 Å². The van der Waals surface area contributed by atoms with E-state index in [9.17, 15) is 18.3 Å². The van der Waals surface area contributed by atoms with Crippen LogP contribution in [0, 0.1) is 0 Å². The number of ether oxygens (including phenoxy) is 1. The average molecular weight is 263 g/mol. The van der Waals surface area contributed by atoms with Crippen molar-refractivity contribution in [1.29, 1.82) is 0 Å². The lowest BCUT2D eigenvalue weighted by Gasteiger charge is -2.24. The van der Waals surface area contributed by atoms with Crippen LogP contribution in [-0.4, -0.2) is 17.0 Å². The van der Waals surface area contributed by atoms with Crippen LogP contribution >= 0.6 is 0 Å². The van der Waals surface area contributed by atoms with E-state index in [0.29, 0.717) is 0 Å². The van der Waals surface area contributed by atoms with Crippen LogP contribution in [-0.2, 0) is 0 Å². The second-order valence-corrected chi connectivity index (χ2v) is 4.79. The van der Waals surface area contributed by atoms with E-state index < -0.39 is 23.8 Å². The summed E-state index contributed by atoms with van der Waals surface area (Å²) in [6.07, 6.45) is -5.76. The summed E-state index contributed by atoms with van der Waals surface area (Å²) in [5.41, 5.74) is 5.12. The Morgan fingerprint density at radius 3 is 2.33 bits per heavy atom. The number of benzene rings is 1. The molecule has 0 fully saturated rings. The molecule has 0 saturated carbocycles. The molecule has 1 aromatic rings. The highest BCUT2D eigenvalue weighted by Gasteiger charge is 2.33. The zero-order valence-corrected chi connectivity index (χ0v) is 10.2. The van der Waals surface area contributed by atoms with Gasteiger partial charge in [-0.1, -0.05) is 18.2 Å². The van der Waals surface area contributed by atoms with Gasteiger partial charge in [0.2, 0.25) is 0 Å². The molecule has 0 aliphatic carbocycles. The van der Waals surface area contributed by atoms with Crippen molar-refractivity contribution in [1.82, 2.24) is 0 Å². The Kier molecular flexibility index (Phi) is 4.24. The standard InChI is InChI=1S/C12H16F3NO2/c1-11(2,16)7-9(17)8-5-3-4-6-10(8)18-12(13,14)15/h3-6,9,17H,7,16H2,1-2H3. The molecule has 1 aromatic carbocycles. The quantitative estimate of drug-likeness (QED) is 0.878. The second-order valence-electron chi connectivity index (χ2n) is 4.79. The highest BCUT2D eigenvalue weighted by molar-refractivity contribution is 5.35. The zero-order chi connectivity index (χ0) is 14.0. The summed E-state index contributed by atoms with van der Waals surface area (Å²) in [6.45, 7) is 3.37. The Morgan fingerprint density at radius 1 is 1.28 bits per heavy atom. The van der Waals surface area contributed by atoms with E-state index >= 15 is 0 Å². The van der Waals surface area contributed by atoms with Gasteiger partial charge in [-0.15, -0.1) is 13.2 Å². The normalized spacial score (nSPS) is 14.4. The summed E-state index contributed by atoms with van der Waals surface area (Å²) in [7, 11) is 0. The fraction of sp³-hybridized carbons (Fsp3) is 0.500. The molecule has 0 spiro atoms. The molecule has 0 radical (unpaired) electrons. The zero-order valence-electron chi connectivity index (χ0n) is 10.2. The van der Waals surface area contributed by atoms with Crippen LogP contribution in [0.1, 0.15) is 31.9 Å². The van der Waals surface area contributed by atoms with E-state index in [1.165, 1.54) is 18.2 Å². The van der Waals surface area contributed by atoms with Crippen molar-refractivity contribution in [2.24, 2.45) is 5.73 Å². The van der Waals surface area contributed by atoms with Crippen molar-refractivity contribution in [3.63, 3.8) is 0 Å². The maximum atomic E-state index is 12.2. The first-order valence-electron chi connectivity index (χ1n) is 5.40. The number of hydrogen-bond acceptors (Lipinski definition) is 3. The first-order valence-corrected chi connectivity index (χ1v) is 5.40. The second kappa shape index (κ2) is 5.16. The molecule has 0 heterocycles. The number of halogens is 3. The average Bonchev–Trinajstić information content (AvgIpc) is 2.12. The van der Waals surface area contributed by atoms with E-state index in [-0.39, 0.29) is 12.0 Å². The van der Waals surface area contributed by atoms with E-state index in [2.05, 4.69) is 4.74 Å². The minimum atomic E-state index is -4.78. The fourth-order valence-corrected chi connectivity index (χ4v) is 1.58. The van der Waals surface area contributed by atoms with Crippen LogP contribution in [0.3, 0.4) is 0 Å². The molecule has 102 valence electrons. The van der Waals surface area contributed by atoms with E-state index in [1.807, 2.05) is 0 Å². The third kappa shape index (κ3) is 4.93. The first kappa shape index (κ1) is 14.8. The summed E-state index contributed by atoms with van der Waals surface area (Å²) in [4.78, 5) is 0. The minimum absolute atomic E-state index is 0.0772. The third-order valence-electron chi connectivity index (χ3n) is 2.22. The number of hydrogen-bond donors (Lipinski definition) is 2. The van der Waals surface area contributed by atoms with Gasteiger partial charge in [-0.25, -0.2) is 0 Å². The van der Waals surface area contributed by atoms with Crippen molar-refractivity contribution >= 4 is 0 Å². The number of nitrogens with two attached hydrogens (primary N) is 1. The SMILES string of the molecule is CC(C)(N)CC(O)c1ccccc1OC(F)(F)F. The Bertz CT molecular complexity index is 399. The molecule has 0 bridgehead atoms. The van der Waals surface area contributed by atoms with Crippen molar-refractivity contribution in [3.8, 4) is 5.75 Å². The van der Waals surface area contributed by atoms with Gasteiger partial charge in [0.1, 0.15) is 5.75 Å². The molecular weight excluding hydrogens is 247 g/mol. The lowest BCUT2D eigenvalue weighted by atomic mass is 9.93. The van der Waals surface area contributed by atoms with Gasteiger partial charge in [0.05, 0.1) is 6.10 Å². The van der Waals surface area contributed by atoms with Gasteiger partial charge in [0.15, 0.2) is 0 Å². The van der Waals surface area contributed by atoms with Crippen LogP contribution < -0.4 is 10.5 Å². The van der Waals surface area contributed by atoms with Gasteiger partial charge in [0, 0.05) is 11.1 Å². The van der Waals surface area contributed by atoms with Crippen molar-refractivity contribution in [3.05, 3.63) is 29.8 Å². The molecular formula is C12H16F3NO2. The summed E-state index contributed by atoms with van der Waals surface area (Å²) in [5, 5.41) is 9.91. The molecule has 1 rings (SSSR count). The van der Waals surface area contributed by atoms with Gasteiger partial charge in [-0.05, 0) is 26.3 Å². The van der Waals surface area contributed by atoms with Crippen molar-refractivity contribution < 1.29 is 23.0 Å². The Balaban J connectivity index is 2.95. The maximum Gasteiger partial charge on any atom is 0.573 e.